The predicted molar refractivity (Wildman–Crippen MR) is 120 cm³/mol. The molecule has 0 amide bonds. The molecule has 0 rings (SSSR count). The van der Waals surface area contributed by atoms with E-state index in [-0.39, 0.29) is 0 Å². The molecule has 0 bridgehead atoms. The van der Waals surface area contributed by atoms with E-state index in [4.69, 9.17) is 0 Å². The summed E-state index contributed by atoms with van der Waals surface area (Å²) in [5.74, 6) is 0. The Balaban J connectivity index is 2.92. The van der Waals surface area contributed by atoms with Crippen LogP contribution in [0, 0.1) is 0 Å². The quantitative estimate of drug-likeness (QED) is 0.0926. The van der Waals surface area contributed by atoms with Gasteiger partial charge in [0.05, 0.1) is 1.93 Å². The van der Waals surface area contributed by atoms with Gasteiger partial charge in [-0.2, -0.15) is 0 Å². The molecular weight excluding hydrogens is 585 g/mol. The van der Waals surface area contributed by atoms with E-state index >= 15 is 0 Å². The van der Waals surface area contributed by atoms with E-state index in [0.29, 0.717) is 0 Å². The van der Waals surface area contributed by atoms with Crippen molar-refractivity contribution in [2.24, 2.45) is 0 Å². The van der Waals surface area contributed by atoms with Crippen LogP contribution in [0.15, 0.2) is 0 Å². The van der Waals surface area contributed by atoms with Gasteiger partial charge in [-0.05, 0) is 17.3 Å². The summed E-state index contributed by atoms with van der Waals surface area (Å²) in [5.41, 5.74) is 0. The van der Waals surface area contributed by atoms with Crippen molar-refractivity contribution in [3.63, 3.8) is 0 Å². The van der Waals surface area contributed by atoms with E-state index in [0.717, 1.165) is 1.93 Å². The van der Waals surface area contributed by atoms with Gasteiger partial charge in [-0.1, -0.05) is 151 Å². The summed E-state index contributed by atoms with van der Waals surface area (Å²) in [6, 6.07) is 0. The molecule has 0 aliphatic heterocycles. The molecular formula is C17H33I3. The van der Waals surface area contributed by atoms with Gasteiger partial charge in [0.25, 0.3) is 0 Å². The summed E-state index contributed by atoms with van der Waals surface area (Å²) in [4.78, 5) is 0. The first-order chi connectivity index (χ1) is 9.77. The normalized spacial score (nSPS) is 11.4. The Morgan fingerprint density at radius 3 is 1.05 bits per heavy atom. The maximum Gasteiger partial charge on any atom is 0.0626 e. The maximum atomic E-state index is 2.53. The summed E-state index contributed by atoms with van der Waals surface area (Å²) in [7, 11) is 0. The molecule has 3 heteroatoms. The van der Waals surface area contributed by atoms with Gasteiger partial charge in [-0.25, -0.2) is 0 Å². The molecule has 0 aliphatic carbocycles. The van der Waals surface area contributed by atoms with Crippen LogP contribution in [-0.2, 0) is 0 Å². The van der Waals surface area contributed by atoms with Gasteiger partial charge in [-0.15, -0.1) is 0 Å². The van der Waals surface area contributed by atoms with Crippen molar-refractivity contribution in [3.8, 4) is 0 Å². The highest BCUT2D eigenvalue weighted by Gasteiger charge is 1.97. The average Bonchev–Trinajstić information content (AvgIpc) is 2.43. The molecule has 0 aromatic rings. The number of hydrogen-bond donors (Lipinski definition) is 0. The molecule has 0 saturated carbocycles. The van der Waals surface area contributed by atoms with E-state index in [2.05, 4.69) is 67.8 Å². The highest BCUT2D eigenvalue weighted by atomic mass is 127. The maximum absolute atomic E-state index is 2.53. The molecule has 0 aromatic carbocycles. The minimum atomic E-state index is 0.840. The van der Waals surface area contributed by atoms with E-state index < -0.39 is 0 Å². The molecule has 0 spiro atoms. The largest absolute Gasteiger partial charge is 0.0864 e. The Hall–Kier alpha value is 2.19. The van der Waals surface area contributed by atoms with Crippen LogP contribution in [0.4, 0.5) is 0 Å². The third-order valence-electron chi connectivity index (χ3n) is 3.81. The van der Waals surface area contributed by atoms with Crippen LogP contribution in [0.5, 0.6) is 0 Å². The molecule has 0 N–H and O–H groups in total. The SMILES string of the molecule is ICCCCCCCCCCCCCCCCC(I)I. The van der Waals surface area contributed by atoms with Crippen LogP contribution in [0.2, 0.25) is 0 Å². The van der Waals surface area contributed by atoms with Gasteiger partial charge in [0.15, 0.2) is 0 Å². The Bertz CT molecular complexity index is 172. The van der Waals surface area contributed by atoms with Crippen molar-refractivity contribution in [1.82, 2.24) is 0 Å². The number of alkyl halides is 3. The zero-order valence-corrected chi connectivity index (χ0v) is 19.5. The zero-order valence-electron chi connectivity index (χ0n) is 13.0. The fourth-order valence-electron chi connectivity index (χ4n) is 2.51. The van der Waals surface area contributed by atoms with Gasteiger partial charge in [0, 0.05) is 0 Å². The minimum Gasteiger partial charge on any atom is -0.0864 e. The molecule has 0 fully saturated rings. The summed E-state index contributed by atoms with van der Waals surface area (Å²) in [6.07, 6.45) is 22.0. The van der Waals surface area contributed by atoms with Crippen molar-refractivity contribution < 1.29 is 0 Å². The van der Waals surface area contributed by atoms with Crippen molar-refractivity contribution in [1.29, 1.82) is 0 Å². The smallest absolute Gasteiger partial charge is 0.0626 e. The number of halogens is 3. The third-order valence-corrected chi connectivity index (χ3v) is 5.81. The van der Waals surface area contributed by atoms with E-state index in [1.807, 2.05) is 0 Å². The second kappa shape index (κ2) is 19.2. The van der Waals surface area contributed by atoms with Crippen molar-refractivity contribution in [2.45, 2.75) is 98.2 Å². The summed E-state index contributed by atoms with van der Waals surface area (Å²) in [5, 5.41) is 0. The molecule has 0 aliphatic rings. The topological polar surface area (TPSA) is 0 Å². The Morgan fingerprint density at radius 2 is 0.750 bits per heavy atom. The van der Waals surface area contributed by atoms with E-state index in [9.17, 15) is 0 Å². The molecule has 20 heavy (non-hydrogen) atoms. The van der Waals surface area contributed by atoms with Crippen LogP contribution in [0.25, 0.3) is 0 Å². The second-order valence-corrected chi connectivity index (χ2v) is 12.3. The van der Waals surface area contributed by atoms with Crippen molar-refractivity contribution >= 4 is 67.8 Å². The number of hydrogen-bond acceptors (Lipinski definition) is 0. The fourth-order valence-corrected chi connectivity index (χ4v) is 3.93. The third kappa shape index (κ3) is 20.2. The van der Waals surface area contributed by atoms with Gasteiger partial charge < -0.3 is 0 Å². The number of unbranched alkanes of at least 4 members (excludes halogenated alkanes) is 13. The summed E-state index contributed by atoms with van der Waals surface area (Å²) in [6.45, 7) is 0. The zero-order chi connectivity index (χ0) is 14.9. The average molecular weight is 618 g/mol. The molecule has 0 atom stereocenters. The Morgan fingerprint density at radius 1 is 0.450 bits per heavy atom. The summed E-state index contributed by atoms with van der Waals surface area (Å²) >= 11 is 7.54. The molecule has 0 aromatic heterocycles. The minimum absolute atomic E-state index is 0.840. The predicted octanol–water partition coefficient (Wildman–Crippen LogP) is 8.47. The lowest BCUT2D eigenvalue weighted by Crippen LogP contribution is -1.86. The lowest BCUT2D eigenvalue weighted by molar-refractivity contribution is 0.535. The first-order valence-electron chi connectivity index (χ1n) is 8.61. The molecule has 0 saturated heterocycles. The van der Waals surface area contributed by atoms with Crippen LogP contribution < -0.4 is 0 Å². The molecule has 122 valence electrons. The number of rotatable bonds is 16. The van der Waals surface area contributed by atoms with Crippen LogP contribution in [-0.4, -0.2) is 6.36 Å². The Labute approximate surface area is 168 Å². The van der Waals surface area contributed by atoms with Gasteiger partial charge in [0.1, 0.15) is 0 Å². The van der Waals surface area contributed by atoms with Gasteiger partial charge >= 0.3 is 0 Å². The van der Waals surface area contributed by atoms with Gasteiger partial charge in [0.2, 0.25) is 0 Å². The van der Waals surface area contributed by atoms with Gasteiger partial charge in [-0.3, -0.25) is 0 Å². The van der Waals surface area contributed by atoms with Crippen molar-refractivity contribution in [2.75, 3.05) is 4.43 Å². The molecule has 0 radical (unpaired) electrons. The lowest BCUT2D eigenvalue weighted by atomic mass is 10.0. The first kappa shape index (κ1) is 22.2. The molecule has 0 nitrogen and oxygen atoms in total. The molecule has 0 heterocycles. The highest BCUT2D eigenvalue weighted by molar-refractivity contribution is 14.2. The standard InChI is InChI=1S/C17H33I3/c18-16-14-12-10-8-6-4-2-1-3-5-7-9-11-13-15-17(19)20/h17H,1-16H2. The molecule has 0 unspecified atom stereocenters. The van der Waals surface area contributed by atoms with Crippen LogP contribution in [0.1, 0.15) is 96.3 Å². The van der Waals surface area contributed by atoms with E-state index in [1.165, 1.54) is 101 Å². The van der Waals surface area contributed by atoms with Crippen LogP contribution in [0.3, 0.4) is 0 Å². The highest BCUT2D eigenvalue weighted by Crippen LogP contribution is 2.19. The van der Waals surface area contributed by atoms with Crippen molar-refractivity contribution in [3.05, 3.63) is 0 Å². The summed E-state index contributed by atoms with van der Waals surface area (Å²) < 4.78 is 2.18. The monoisotopic (exact) mass is 618 g/mol. The first-order valence-corrected chi connectivity index (χ1v) is 12.6. The second-order valence-electron chi connectivity index (χ2n) is 5.82. The van der Waals surface area contributed by atoms with E-state index in [1.54, 1.807) is 0 Å². The Kier molecular flexibility index (Phi) is 21.3. The fraction of sp³-hybridized carbons (Fsp3) is 1.00. The lowest BCUT2D eigenvalue weighted by Gasteiger charge is -2.04. The van der Waals surface area contributed by atoms with Crippen LogP contribution >= 0.6 is 67.8 Å².